The summed E-state index contributed by atoms with van der Waals surface area (Å²) in [6.45, 7) is 3.37. The summed E-state index contributed by atoms with van der Waals surface area (Å²) in [5.41, 5.74) is 0. The third-order valence-corrected chi connectivity index (χ3v) is 8.25. The number of carbonyl (C=O) groups is 2. The van der Waals surface area contributed by atoms with Crippen LogP contribution in [0.15, 0.2) is 101 Å². The van der Waals surface area contributed by atoms with Crippen LogP contribution < -0.4 is 15.6 Å². The van der Waals surface area contributed by atoms with Gasteiger partial charge in [-0.05, 0) is 29.4 Å². The maximum Gasteiger partial charge on any atom is 0.452 e. The summed E-state index contributed by atoms with van der Waals surface area (Å²) in [5.74, 6) is 0. The van der Waals surface area contributed by atoms with Crippen LogP contribution in [-0.4, -0.2) is 26.6 Å². The van der Waals surface area contributed by atoms with Crippen LogP contribution in [0.4, 0.5) is 9.59 Å². The maximum atomic E-state index is 12.7. The molecule has 0 fully saturated rings. The predicted octanol–water partition coefficient (Wildman–Crippen LogP) is 3.79. The molecule has 0 aliphatic rings. The van der Waals surface area contributed by atoms with E-state index < -0.39 is 20.5 Å². The first-order valence-corrected chi connectivity index (χ1v) is 11.4. The van der Waals surface area contributed by atoms with Crippen molar-refractivity contribution in [3.8, 4) is 0 Å². The second-order valence-corrected chi connectivity index (χ2v) is 10.1. The molecular formula is C23H22N2O4Si. The molecule has 0 saturated heterocycles. The number of benzene rings is 3. The van der Waals surface area contributed by atoms with Crippen LogP contribution in [0.1, 0.15) is 13.8 Å². The zero-order valence-corrected chi connectivity index (χ0v) is 17.8. The average molecular weight is 419 g/mol. The van der Waals surface area contributed by atoms with Gasteiger partial charge in [-0.25, -0.2) is 9.59 Å². The third kappa shape index (κ3) is 4.87. The summed E-state index contributed by atoms with van der Waals surface area (Å²) in [5, 5.41) is 9.42. The van der Waals surface area contributed by atoms with Gasteiger partial charge < -0.3 is 9.16 Å². The smallest absolute Gasteiger partial charge is 0.452 e. The Morgan fingerprint density at radius 2 is 1.03 bits per heavy atom. The molecule has 30 heavy (non-hydrogen) atoms. The molecule has 152 valence electrons. The minimum absolute atomic E-state index is 0.362. The number of carbonyl (C=O) groups excluding carboxylic acids is 2. The zero-order chi connectivity index (χ0) is 21.4. The number of amides is 2. The first-order valence-electron chi connectivity index (χ1n) is 9.54. The van der Waals surface area contributed by atoms with Gasteiger partial charge in [0.1, 0.15) is 0 Å². The van der Waals surface area contributed by atoms with Gasteiger partial charge in [0.25, 0.3) is 0 Å². The number of ether oxygens (including phenoxy) is 1. The van der Waals surface area contributed by atoms with Gasteiger partial charge in [-0.1, -0.05) is 101 Å². The number of nitrogens with zero attached hydrogens (tertiary/aromatic N) is 2. The highest BCUT2D eigenvalue weighted by Gasteiger charge is 2.45. The Hall–Kier alpha value is -3.58. The molecule has 7 heteroatoms. The first-order chi connectivity index (χ1) is 14.5. The molecular weight excluding hydrogens is 396 g/mol. The van der Waals surface area contributed by atoms with Crippen molar-refractivity contribution in [1.29, 1.82) is 0 Å². The maximum absolute atomic E-state index is 12.7. The van der Waals surface area contributed by atoms with E-state index in [2.05, 4.69) is 10.2 Å². The van der Waals surface area contributed by atoms with Crippen molar-refractivity contribution in [3.63, 3.8) is 0 Å². The van der Waals surface area contributed by atoms with Gasteiger partial charge in [-0.2, -0.15) is 0 Å². The van der Waals surface area contributed by atoms with E-state index in [1.54, 1.807) is 13.8 Å². The van der Waals surface area contributed by atoms with E-state index in [1.807, 2.05) is 91.0 Å². The van der Waals surface area contributed by atoms with Crippen LogP contribution in [0.2, 0.25) is 0 Å². The molecule has 0 heterocycles. The molecule has 3 aromatic rings. The third-order valence-electron chi connectivity index (χ3n) is 4.33. The van der Waals surface area contributed by atoms with E-state index in [0.717, 1.165) is 15.6 Å². The molecule has 2 amide bonds. The summed E-state index contributed by atoms with van der Waals surface area (Å²) >= 11 is 0. The molecule has 0 bridgehead atoms. The van der Waals surface area contributed by atoms with Crippen molar-refractivity contribution in [1.82, 2.24) is 0 Å². The second kappa shape index (κ2) is 9.75. The summed E-state index contributed by atoms with van der Waals surface area (Å²) in [6.07, 6.45) is -2.24. The molecule has 3 rings (SSSR count). The van der Waals surface area contributed by atoms with Crippen LogP contribution >= 0.6 is 0 Å². The minimum Gasteiger partial charge on any atom is -0.487 e. The Labute approximate surface area is 176 Å². The van der Waals surface area contributed by atoms with Gasteiger partial charge in [0.15, 0.2) is 0 Å². The molecule has 0 saturated carbocycles. The van der Waals surface area contributed by atoms with Gasteiger partial charge in [-0.3, -0.25) is 0 Å². The Morgan fingerprint density at radius 1 is 0.667 bits per heavy atom. The average Bonchev–Trinajstić information content (AvgIpc) is 2.77. The lowest BCUT2D eigenvalue weighted by molar-refractivity contribution is 0.123. The van der Waals surface area contributed by atoms with Gasteiger partial charge in [0.2, 0.25) is 0 Å². The monoisotopic (exact) mass is 418 g/mol. The van der Waals surface area contributed by atoms with Crippen molar-refractivity contribution in [3.05, 3.63) is 91.0 Å². The Morgan fingerprint density at radius 3 is 1.40 bits per heavy atom. The van der Waals surface area contributed by atoms with Crippen LogP contribution in [0, 0.1) is 0 Å². The Bertz CT molecular complexity index is 912. The molecule has 0 aliphatic carbocycles. The second-order valence-electron chi connectivity index (χ2n) is 6.78. The van der Waals surface area contributed by atoms with E-state index >= 15 is 0 Å². The van der Waals surface area contributed by atoms with Crippen LogP contribution in [0.3, 0.4) is 0 Å². The highest BCUT2D eigenvalue weighted by Crippen LogP contribution is 2.11. The minimum atomic E-state index is -3.25. The Kier molecular flexibility index (Phi) is 6.87. The highest BCUT2D eigenvalue weighted by atomic mass is 28.4. The lowest BCUT2D eigenvalue weighted by Crippen LogP contribution is -2.69. The summed E-state index contributed by atoms with van der Waals surface area (Å²) in [4.78, 5) is 24.4. The molecule has 0 spiro atoms. The Balaban J connectivity index is 2.09. The summed E-state index contributed by atoms with van der Waals surface area (Å²) in [7, 11) is -3.25. The van der Waals surface area contributed by atoms with Gasteiger partial charge >= 0.3 is 20.5 Å². The fraction of sp³-hybridized carbons (Fsp3) is 0.130. The standard InChI is InChI=1S/C23H22N2O4Si/c1-18(2)28-22(26)24-25-23(27)29-30(19-12-6-3-7-13-19,20-14-8-4-9-15-20)21-16-10-5-11-17-21/h3-18H,1-2H3/b25-24+. The molecule has 0 aromatic heterocycles. The molecule has 3 aromatic carbocycles. The molecule has 0 N–H and O–H groups in total. The van der Waals surface area contributed by atoms with Crippen LogP contribution in [0.5, 0.6) is 0 Å². The van der Waals surface area contributed by atoms with Crippen molar-refractivity contribution in [2.45, 2.75) is 20.0 Å². The molecule has 0 radical (unpaired) electrons. The van der Waals surface area contributed by atoms with E-state index in [0.29, 0.717) is 0 Å². The first kappa shape index (κ1) is 21.1. The van der Waals surface area contributed by atoms with Crippen molar-refractivity contribution in [2.24, 2.45) is 10.2 Å². The number of hydrogen-bond donors (Lipinski definition) is 0. The number of azo groups is 1. The van der Waals surface area contributed by atoms with E-state index in [9.17, 15) is 9.59 Å². The van der Waals surface area contributed by atoms with E-state index in [4.69, 9.17) is 9.16 Å². The lowest BCUT2D eigenvalue weighted by atomic mass is 10.3. The SMILES string of the molecule is CC(C)OC(=O)/N=N/C(=O)O[Si](c1ccccc1)(c1ccccc1)c1ccccc1. The van der Waals surface area contributed by atoms with E-state index in [1.165, 1.54) is 0 Å². The van der Waals surface area contributed by atoms with Gasteiger partial charge in [-0.15, -0.1) is 0 Å². The number of rotatable bonds is 5. The fourth-order valence-corrected chi connectivity index (χ4v) is 6.80. The summed E-state index contributed by atoms with van der Waals surface area (Å²) in [6, 6.07) is 28.7. The molecule has 6 nitrogen and oxygen atoms in total. The van der Waals surface area contributed by atoms with E-state index in [-0.39, 0.29) is 6.10 Å². The van der Waals surface area contributed by atoms with Crippen LogP contribution in [0.25, 0.3) is 0 Å². The fourth-order valence-electron chi connectivity index (χ4n) is 3.15. The van der Waals surface area contributed by atoms with Crippen molar-refractivity contribution >= 4 is 36.1 Å². The predicted molar refractivity (Wildman–Crippen MR) is 117 cm³/mol. The molecule has 0 atom stereocenters. The zero-order valence-electron chi connectivity index (χ0n) is 16.8. The highest BCUT2D eigenvalue weighted by molar-refractivity contribution is 7.07. The number of hydrogen-bond acceptors (Lipinski definition) is 4. The largest absolute Gasteiger partial charge is 0.487 e. The molecule has 0 aliphatic heterocycles. The van der Waals surface area contributed by atoms with Crippen LogP contribution in [-0.2, 0) is 9.16 Å². The van der Waals surface area contributed by atoms with Gasteiger partial charge in [0.05, 0.1) is 6.10 Å². The van der Waals surface area contributed by atoms with Gasteiger partial charge in [0, 0.05) is 0 Å². The topological polar surface area (TPSA) is 77.3 Å². The normalized spacial score (nSPS) is 11.4. The summed E-state index contributed by atoms with van der Waals surface area (Å²) < 4.78 is 11.0. The quantitative estimate of drug-likeness (QED) is 0.359. The van der Waals surface area contributed by atoms with Crippen molar-refractivity contribution in [2.75, 3.05) is 0 Å². The lowest BCUT2D eigenvalue weighted by Gasteiger charge is -2.31. The molecule has 0 unspecified atom stereocenters. The van der Waals surface area contributed by atoms with Crippen molar-refractivity contribution < 1.29 is 18.8 Å².